The number of hydrogen-bond donors (Lipinski definition) is 1. The first-order chi connectivity index (χ1) is 15.0. The molecule has 8 nitrogen and oxygen atoms in total. The van der Waals surface area contributed by atoms with Crippen LogP contribution < -0.4 is 15.6 Å². The first-order valence-electron chi connectivity index (χ1n) is 9.51. The molecule has 0 aliphatic heterocycles. The molecule has 2 aromatic heterocycles. The number of imidazole rings is 1. The van der Waals surface area contributed by atoms with E-state index in [1.807, 2.05) is 48.1 Å². The lowest BCUT2D eigenvalue weighted by Crippen LogP contribution is -2.36. The number of amides is 1. The first kappa shape index (κ1) is 20.8. The van der Waals surface area contributed by atoms with Gasteiger partial charge >= 0.3 is 0 Å². The Bertz CT molecular complexity index is 1310. The molecule has 1 N–H and O–H groups in total. The van der Waals surface area contributed by atoms with E-state index in [2.05, 4.69) is 31.2 Å². The Labute approximate surface area is 186 Å². The predicted molar refractivity (Wildman–Crippen MR) is 120 cm³/mol. The van der Waals surface area contributed by atoms with Crippen molar-refractivity contribution in [3.05, 3.63) is 87.4 Å². The Kier molecular flexibility index (Phi) is 5.85. The van der Waals surface area contributed by atoms with Crippen molar-refractivity contribution in [3.63, 3.8) is 0 Å². The van der Waals surface area contributed by atoms with Crippen LogP contribution in [-0.4, -0.2) is 32.1 Å². The topological polar surface area (TPSA) is 91.0 Å². The third-order valence-electron chi connectivity index (χ3n) is 4.95. The van der Waals surface area contributed by atoms with Gasteiger partial charge in [-0.15, -0.1) is 0 Å². The Balaban J connectivity index is 1.64. The zero-order valence-corrected chi connectivity index (χ0v) is 18.5. The van der Waals surface area contributed by atoms with Gasteiger partial charge in [-0.25, -0.2) is 9.97 Å². The Morgan fingerprint density at radius 3 is 2.81 bits per heavy atom. The molecule has 31 heavy (non-hydrogen) atoms. The van der Waals surface area contributed by atoms with Crippen LogP contribution in [0, 0.1) is 0 Å². The molecule has 1 atom stereocenters. The molecule has 1 amide bonds. The van der Waals surface area contributed by atoms with Gasteiger partial charge in [0, 0.05) is 23.9 Å². The maximum atomic E-state index is 12.9. The number of hydrogen-bond acceptors (Lipinski definition) is 5. The zero-order valence-electron chi connectivity index (χ0n) is 16.9. The summed E-state index contributed by atoms with van der Waals surface area (Å²) in [5.74, 6) is 0.995. The highest BCUT2D eigenvalue weighted by atomic mass is 79.9. The summed E-state index contributed by atoms with van der Waals surface area (Å²) in [5, 5.41) is 3.43. The number of aryl methyl sites for hydroxylation is 1. The molecule has 158 valence electrons. The number of aromatic nitrogens is 4. The number of nitrogens with one attached hydrogen (secondary N) is 1. The summed E-state index contributed by atoms with van der Waals surface area (Å²) in [7, 11) is 3.45. The molecule has 0 aliphatic carbocycles. The lowest BCUT2D eigenvalue weighted by Gasteiger charge is -2.20. The van der Waals surface area contributed by atoms with Crippen LogP contribution in [-0.2, 0) is 18.4 Å². The summed E-state index contributed by atoms with van der Waals surface area (Å²) in [6.45, 7) is -0.167. The van der Waals surface area contributed by atoms with Crippen molar-refractivity contribution >= 4 is 32.7 Å². The van der Waals surface area contributed by atoms with Crippen LogP contribution in [0.1, 0.15) is 17.4 Å². The molecule has 0 saturated carbocycles. The number of fused-ring (bicyclic) bond motifs is 1. The average Bonchev–Trinajstić information content (AvgIpc) is 3.20. The van der Waals surface area contributed by atoms with Crippen molar-refractivity contribution in [3.8, 4) is 5.75 Å². The normalized spacial score (nSPS) is 12.0. The van der Waals surface area contributed by atoms with E-state index in [0.717, 1.165) is 10.0 Å². The minimum atomic E-state index is -0.513. The molecule has 0 radical (unpaired) electrons. The van der Waals surface area contributed by atoms with Crippen molar-refractivity contribution < 1.29 is 9.53 Å². The molecule has 2 heterocycles. The fraction of sp³-hybridized carbons (Fsp3) is 0.182. The van der Waals surface area contributed by atoms with Crippen molar-refractivity contribution in [1.82, 2.24) is 24.4 Å². The number of benzene rings is 2. The number of methoxy groups -OCH3 is 1. The molecule has 0 spiro atoms. The second-order valence-corrected chi connectivity index (χ2v) is 7.93. The average molecular weight is 482 g/mol. The van der Waals surface area contributed by atoms with Gasteiger partial charge in [0.2, 0.25) is 5.91 Å². The molecule has 0 saturated heterocycles. The number of carbonyl (C=O) groups excluding carboxylic acids is 1. The molecular weight excluding hydrogens is 462 g/mol. The van der Waals surface area contributed by atoms with Gasteiger partial charge in [0.05, 0.1) is 24.3 Å². The van der Waals surface area contributed by atoms with E-state index in [-0.39, 0.29) is 18.0 Å². The molecule has 0 fully saturated rings. The summed E-state index contributed by atoms with van der Waals surface area (Å²) in [4.78, 5) is 34.5. The largest absolute Gasteiger partial charge is 0.497 e. The van der Waals surface area contributed by atoms with Crippen LogP contribution in [0.2, 0.25) is 0 Å². The van der Waals surface area contributed by atoms with Gasteiger partial charge in [-0.2, -0.15) is 0 Å². The molecule has 2 aromatic carbocycles. The molecule has 1 unspecified atom stereocenters. The molecule has 0 aliphatic rings. The van der Waals surface area contributed by atoms with E-state index in [4.69, 9.17) is 4.74 Å². The third-order valence-corrected chi connectivity index (χ3v) is 5.44. The monoisotopic (exact) mass is 481 g/mol. The van der Waals surface area contributed by atoms with Crippen molar-refractivity contribution in [2.75, 3.05) is 7.11 Å². The van der Waals surface area contributed by atoms with Crippen LogP contribution in [0.15, 0.2) is 70.5 Å². The highest BCUT2D eigenvalue weighted by molar-refractivity contribution is 9.10. The van der Waals surface area contributed by atoms with Gasteiger partial charge in [-0.05, 0) is 35.9 Å². The molecule has 9 heteroatoms. The Hall–Kier alpha value is -3.46. The standard InChI is InChI=1S/C22H20BrN5O3/c1-27-9-8-24-21(27)20(14-4-3-5-16(10-14)31-2)26-19(29)12-28-13-25-18-7-6-15(23)11-17(18)22(28)30/h3-11,13,20H,12H2,1-2H3,(H,26,29). The van der Waals surface area contributed by atoms with Gasteiger partial charge in [0.1, 0.15) is 24.2 Å². The summed E-state index contributed by atoms with van der Waals surface area (Å²) in [5.41, 5.74) is 1.11. The van der Waals surface area contributed by atoms with Crippen LogP contribution in [0.5, 0.6) is 5.75 Å². The van der Waals surface area contributed by atoms with Gasteiger partial charge in [-0.1, -0.05) is 28.1 Å². The maximum Gasteiger partial charge on any atom is 0.261 e. The second-order valence-electron chi connectivity index (χ2n) is 7.01. The number of ether oxygens (including phenoxy) is 1. The van der Waals surface area contributed by atoms with Crippen molar-refractivity contribution in [1.29, 1.82) is 0 Å². The van der Waals surface area contributed by atoms with E-state index in [1.165, 1.54) is 10.9 Å². The van der Waals surface area contributed by atoms with E-state index in [0.29, 0.717) is 22.5 Å². The Morgan fingerprint density at radius 2 is 2.06 bits per heavy atom. The predicted octanol–water partition coefficient (Wildman–Crippen LogP) is 2.81. The van der Waals surface area contributed by atoms with Gasteiger partial charge in [-0.3, -0.25) is 14.2 Å². The number of nitrogens with zero attached hydrogens (tertiary/aromatic N) is 4. The summed E-state index contributed by atoms with van der Waals surface area (Å²) >= 11 is 3.37. The fourth-order valence-electron chi connectivity index (χ4n) is 3.38. The van der Waals surface area contributed by atoms with Crippen LogP contribution >= 0.6 is 15.9 Å². The maximum absolute atomic E-state index is 12.9. The zero-order chi connectivity index (χ0) is 22.0. The van der Waals surface area contributed by atoms with E-state index >= 15 is 0 Å². The molecule has 0 bridgehead atoms. The van der Waals surface area contributed by atoms with Crippen molar-refractivity contribution in [2.24, 2.45) is 7.05 Å². The van der Waals surface area contributed by atoms with Gasteiger partial charge in [0.15, 0.2) is 0 Å². The number of halogens is 1. The molecular formula is C22H20BrN5O3. The summed E-state index contributed by atoms with van der Waals surface area (Å²) in [6.07, 6.45) is 4.87. The number of carbonyl (C=O) groups is 1. The summed E-state index contributed by atoms with van der Waals surface area (Å²) in [6, 6.07) is 12.2. The van der Waals surface area contributed by atoms with E-state index < -0.39 is 6.04 Å². The fourth-order valence-corrected chi connectivity index (χ4v) is 3.74. The van der Waals surface area contributed by atoms with Gasteiger partial charge < -0.3 is 14.6 Å². The first-order valence-corrected chi connectivity index (χ1v) is 10.3. The highest BCUT2D eigenvalue weighted by Gasteiger charge is 2.22. The third kappa shape index (κ3) is 4.36. The minimum absolute atomic E-state index is 0.167. The second kappa shape index (κ2) is 8.73. The number of rotatable bonds is 6. The van der Waals surface area contributed by atoms with Crippen molar-refractivity contribution in [2.45, 2.75) is 12.6 Å². The lowest BCUT2D eigenvalue weighted by molar-refractivity contribution is -0.122. The SMILES string of the molecule is COc1cccc(C(NC(=O)Cn2cnc3ccc(Br)cc3c2=O)c2nccn2C)c1. The highest BCUT2D eigenvalue weighted by Crippen LogP contribution is 2.24. The lowest BCUT2D eigenvalue weighted by atomic mass is 10.1. The van der Waals surface area contributed by atoms with E-state index in [1.54, 1.807) is 25.4 Å². The summed E-state index contributed by atoms with van der Waals surface area (Å²) < 4.78 is 9.23. The molecule has 4 aromatic rings. The van der Waals surface area contributed by atoms with Gasteiger partial charge in [0.25, 0.3) is 5.56 Å². The smallest absolute Gasteiger partial charge is 0.261 e. The quantitative estimate of drug-likeness (QED) is 0.457. The Morgan fingerprint density at radius 1 is 1.23 bits per heavy atom. The van der Waals surface area contributed by atoms with E-state index in [9.17, 15) is 9.59 Å². The van der Waals surface area contributed by atoms with Crippen LogP contribution in [0.3, 0.4) is 0 Å². The molecule has 4 rings (SSSR count). The van der Waals surface area contributed by atoms with Crippen LogP contribution in [0.25, 0.3) is 10.9 Å². The minimum Gasteiger partial charge on any atom is -0.497 e. The van der Waals surface area contributed by atoms with Crippen LogP contribution in [0.4, 0.5) is 0 Å².